The smallest absolute Gasteiger partial charge is 0.0551 e. The number of halogens is 2. The molecule has 0 spiro atoms. The van der Waals surface area contributed by atoms with Gasteiger partial charge in [-0.1, -0.05) is 37.4 Å². The van der Waals surface area contributed by atoms with Gasteiger partial charge in [0, 0.05) is 10.5 Å². The fourth-order valence-electron chi connectivity index (χ4n) is 1.62. The number of nitrogens with one attached hydrogen (secondary N) is 1. The van der Waals surface area contributed by atoms with Gasteiger partial charge in [0.25, 0.3) is 0 Å². The molecule has 1 aromatic carbocycles. The number of rotatable bonds is 5. The van der Waals surface area contributed by atoms with Crippen LogP contribution in [0.1, 0.15) is 37.8 Å². The lowest BCUT2D eigenvalue weighted by Gasteiger charge is -2.16. The van der Waals surface area contributed by atoms with Crippen LogP contribution in [0.3, 0.4) is 0 Å². The molecular formula is C12H17BrClN. The van der Waals surface area contributed by atoms with Gasteiger partial charge < -0.3 is 5.32 Å². The highest BCUT2D eigenvalue weighted by atomic mass is 79.9. The SMILES string of the molecule is CCCCC(NC)c1ccc(Br)c(Cl)c1. The summed E-state index contributed by atoms with van der Waals surface area (Å²) in [5.41, 5.74) is 1.26. The highest BCUT2D eigenvalue weighted by molar-refractivity contribution is 9.10. The van der Waals surface area contributed by atoms with Gasteiger partial charge in [0.1, 0.15) is 0 Å². The lowest BCUT2D eigenvalue weighted by Crippen LogP contribution is -2.16. The topological polar surface area (TPSA) is 12.0 Å². The summed E-state index contributed by atoms with van der Waals surface area (Å²) in [6.07, 6.45) is 3.62. The Kier molecular flexibility index (Phi) is 5.65. The van der Waals surface area contributed by atoms with Crippen molar-refractivity contribution in [1.29, 1.82) is 0 Å². The van der Waals surface area contributed by atoms with E-state index in [9.17, 15) is 0 Å². The van der Waals surface area contributed by atoms with Gasteiger partial charge in [0.2, 0.25) is 0 Å². The van der Waals surface area contributed by atoms with E-state index >= 15 is 0 Å². The van der Waals surface area contributed by atoms with Crippen molar-refractivity contribution >= 4 is 27.5 Å². The third-order valence-corrected chi connectivity index (χ3v) is 3.77. The average molecular weight is 291 g/mol. The first kappa shape index (κ1) is 13.0. The van der Waals surface area contributed by atoms with Gasteiger partial charge in [-0.3, -0.25) is 0 Å². The van der Waals surface area contributed by atoms with Crippen LogP contribution in [0.4, 0.5) is 0 Å². The molecule has 0 saturated carbocycles. The first-order valence-electron chi connectivity index (χ1n) is 5.31. The van der Waals surface area contributed by atoms with Gasteiger partial charge in [-0.2, -0.15) is 0 Å². The molecule has 1 nitrogen and oxygen atoms in total. The van der Waals surface area contributed by atoms with Crippen LogP contribution < -0.4 is 5.32 Å². The molecule has 0 fully saturated rings. The summed E-state index contributed by atoms with van der Waals surface area (Å²) in [6.45, 7) is 2.21. The van der Waals surface area contributed by atoms with Crippen molar-refractivity contribution in [2.24, 2.45) is 0 Å². The molecule has 0 radical (unpaired) electrons. The predicted molar refractivity (Wildman–Crippen MR) is 70.5 cm³/mol. The van der Waals surface area contributed by atoms with Crippen LogP contribution in [0.2, 0.25) is 5.02 Å². The van der Waals surface area contributed by atoms with Gasteiger partial charge >= 0.3 is 0 Å². The molecule has 0 aliphatic carbocycles. The maximum Gasteiger partial charge on any atom is 0.0551 e. The summed E-state index contributed by atoms with van der Waals surface area (Å²) in [7, 11) is 2.00. The monoisotopic (exact) mass is 289 g/mol. The minimum absolute atomic E-state index is 0.413. The Morgan fingerprint density at radius 1 is 1.47 bits per heavy atom. The molecule has 0 aromatic heterocycles. The second-order valence-corrected chi connectivity index (χ2v) is 4.92. The summed E-state index contributed by atoms with van der Waals surface area (Å²) < 4.78 is 0.957. The average Bonchev–Trinajstić information content (AvgIpc) is 2.24. The van der Waals surface area contributed by atoms with Crippen molar-refractivity contribution in [2.45, 2.75) is 32.2 Å². The Labute approximate surface area is 105 Å². The molecule has 15 heavy (non-hydrogen) atoms. The Morgan fingerprint density at radius 3 is 2.73 bits per heavy atom. The minimum Gasteiger partial charge on any atom is -0.313 e. The van der Waals surface area contributed by atoms with E-state index < -0.39 is 0 Å². The van der Waals surface area contributed by atoms with Gasteiger partial charge in [-0.05, 0) is 47.1 Å². The summed E-state index contributed by atoms with van der Waals surface area (Å²) in [6, 6.07) is 6.57. The van der Waals surface area contributed by atoms with E-state index in [2.05, 4.69) is 34.2 Å². The minimum atomic E-state index is 0.413. The zero-order chi connectivity index (χ0) is 11.3. The van der Waals surface area contributed by atoms with Crippen LogP contribution >= 0.6 is 27.5 Å². The quantitative estimate of drug-likeness (QED) is 0.838. The molecule has 0 heterocycles. The molecular weight excluding hydrogens is 273 g/mol. The lowest BCUT2D eigenvalue weighted by molar-refractivity contribution is 0.523. The van der Waals surface area contributed by atoms with Crippen LogP contribution in [0, 0.1) is 0 Å². The molecule has 0 saturated heterocycles. The molecule has 1 N–H and O–H groups in total. The molecule has 1 atom stereocenters. The van der Waals surface area contributed by atoms with Crippen LogP contribution in [-0.4, -0.2) is 7.05 Å². The van der Waals surface area contributed by atoms with Gasteiger partial charge in [0.15, 0.2) is 0 Å². The van der Waals surface area contributed by atoms with E-state index in [4.69, 9.17) is 11.6 Å². The third-order valence-electron chi connectivity index (χ3n) is 2.54. The molecule has 3 heteroatoms. The highest BCUT2D eigenvalue weighted by Gasteiger charge is 2.09. The van der Waals surface area contributed by atoms with Crippen LogP contribution in [0.15, 0.2) is 22.7 Å². The van der Waals surface area contributed by atoms with E-state index in [1.165, 1.54) is 18.4 Å². The highest BCUT2D eigenvalue weighted by Crippen LogP contribution is 2.27. The molecule has 0 aliphatic heterocycles. The summed E-state index contributed by atoms with van der Waals surface area (Å²) in [5, 5.41) is 4.11. The second kappa shape index (κ2) is 6.51. The van der Waals surface area contributed by atoms with Gasteiger partial charge in [0.05, 0.1) is 5.02 Å². The lowest BCUT2D eigenvalue weighted by atomic mass is 10.0. The van der Waals surface area contributed by atoms with Crippen molar-refractivity contribution in [3.63, 3.8) is 0 Å². The van der Waals surface area contributed by atoms with Crippen molar-refractivity contribution in [2.75, 3.05) is 7.05 Å². The van der Waals surface area contributed by atoms with Crippen molar-refractivity contribution in [1.82, 2.24) is 5.32 Å². The van der Waals surface area contributed by atoms with Crippen LogP contribution in [0.5, 0.6) is 0 Å². The van der Waals surface area contributed by atoms with E-state index in [1.807, 2.05) is 19.2 Å². The molecule has 1 unspecified atom stereocenters. The second-order valence-electron chi connectivity index (χ2n) is 3.66. The van der Waals surface area contributed by atoms with Gasteiger partial charge in [-0.25, -0.2) is 0 Å². The molecule has 1 rings (SSSR count). The van der Waals surface area contributed by atoms with Crippen molar-refractivity contribution in [3.8, 4) is 0 Å². The summed E-state index contributed by atoms with van der Waals surface area (Å²) in [4.78, 5) is 0. The number of hydrogen-bond donors (Lipinski definition) is 1. The molecule has 0 amide bonds. The van der Waals surface area contributed by atoms with E-state index in [-0.39, 0.29) is 0 Å². The Balaban J connectivity index is 2.78. The zero-order valence-corrected chi connectivity index (χ0v) is 11.5. The zero-order valence-electron chi connectivity index (χ0n) is 9.19. The van der Waals surface area contributed by atoms with Crippen LogP contribution in [0.25, 0.3) is 0 Å². The largest absolute Gasteiger partial charge is 0.313 e. The van der Waals surface area contributed by atoms with E-state index in [0.29, 0.717) is 6.04 Å². The van der Waals surface area contributed by atoms with Crippen LogP contribution in [-0.2, 0) is 0 Å². The maximum atomic E-state index is 6.07. The number of unbranched alkanes of at least 4 members (excludes halogenated alkanes) is 1. The first-order chi connectivity index (χ1) is 7.19. The third kappa shape index (κ3) is 3.78. The van der Waals surface area contributed by atoms with Crippen molar-refractivity contribution in [3.05, 3.63) is 33.3 Å². The van der Waals surface area contributed by atoms with E-state index in [1.54, 1.807) is 0 Å². The maximum absolute atomic E-state index is 6.07. The Bertz CT molecular complexity index is 314. The van der Waals surface area contributed by atoms with Gasteiger partial charge in [-0.15, -0.1) is 0 Å². The normalized spacial score (nSPS) is 12.8. The Morgan fingerprint density at radius 2 is 2.20 bits per heavy atom. The number of hydrogen-bond acceptors (Lipinski definition) is 1. The molecule has 1 aromatic rings. The Hall–Kier alpha value is -0.0500. The fraction of sp³-hybridized carbons (Fsp3) is 0.500. The molecule has 84 valence electrons. The standard InChI is InChI=1S/C12H17BrClN/c1-3-4-5-12(15-2)9-6-7-10(13)11(14)8-9/h6-8,12,15H,3-5H2,1-2H3. The first-order valence-corrected chi connectivity index (χ1v) is 6.48. The predicted octanol–water partition coefficient (Wildman–Crippen LogP) is 4.55. The van der Waals surface area contributed by atoms with E-state index in [0.717, 1.165) is 15.9 Å². The summed E-state index contributed by atoms with van der Waals surface area (Å²) in [5.74, 6) is 0. The fourth-order valence-corrected chi connectivity index (χ4v) is 2.05. The van der Waals surface area contributed by atoms with Crippen molar-refractivity contribution < 1.29 is 0 Å². The summed E-state index contributed by atoms with van der Waals surface area (Å²) >= 11 is 9.47. The molecule has 0 aliphatic rings. The number of benzene rings is 1. The molecule has 0 bridgehead atoms.